The predicted molar refractivity (Wildman–Crippen MR) is 97.3 cm³/mol. The Kier molecular flexibility index (Phi) is 6.33. The van der Waals surface area contributed by atoms with E-state index in [1.54, 1.807) is 7.11 Å². The van der Waals surface area contributed by atoms with Gasteiger partial charge in [0.15, 0.2) is 0 Å². The second-order valence-electron chi connectivity index (χ2n) is 4.84. The molecule has 112 valence electrons. The molecule has 0 aliphatic heterocycles. The van der Waals surface area contributed by atoms with Crippen molar-refractivity contribution in [1.29, 1.82) is 0 Å². The molecule has 0 heterocycles. The van der Waals surface area contributed by atoms with Crippen LogP contribution >= 0.6 is 34.2 Å². The van der Waals surface area contributed by atoms with Crippen LogP contribution in [0.3, 0.4) is 0 Å². The summed E-state index contributed by atoms with van der Waals surface area (Å²) >= 11 is 8.50. The first kappa shape index (κ1) is 16.6. The standard InChI is InChI=1S/C17H19ClINO/c1-3-20-17(13-7-8-16(19)15(18)11-13)10-12-5-4-6-14(9-12)21-2/h4-9,11,17,20H,3,10H2,1-2H3. The van der Waals surface area contributed by atoms with Crippen molar-refractivity contribution >= 4 is 34.2 Å². The molecule has 0 aliphatic carbocycles. The maximum atomic E-state index is 6.25. The van der Waals surface area contributed by atoms with Gasteiger partial charge < -0.3 is 10.1 Å². The summed E-state index contributed by atoms with van der Waals surface area (Å²) in [7, 11) is 1.69. The summed E-state index contributed by atoms with van der Waals surface area (Å²) in [6.07, 6.45) is 0.905. The molecule has 0 saturated carbocycles. The zero-order valence-electron chi connectivity index (χ0n) is 12.2. The van der Waals surface area contributed by atoms with Crippen molar-refractivity contribution in [3.8, 4) is 5.75 Å². The third-order valence-electron chi connectivity index (χ3n) is 3.37. The third-order valence-corrected chi connectivity index (χ3v) is 4.94. The van der Waals surface area contributed by atoms with Gasteiger partial charge in [0.2, 0.25) is 0 Å². The van der Waals surface area contributed by atoms with E-state index >= 15 is 0 Å². The monoisotopic (exact) mass is 415 g/mol. The molecule has 2 nitrogen and oxygen atoms in total. The van der Waals surface area contributed by atoms with Crippen molar-refractivity contribution in [2.45, 2.75) is 19.4 Å². The van der Waals surface area contributed by atoms with Crippen molar-refractivity contribution in [3.63, 3.8) is 0 Å². The van der Waals surface area contributed by atoms with Crippen molar-refractivity contribution < 1.29 is 4.74 Å². The van der Waals surface area contributed by atoms with Gasteiger partial charge >= 0.3 is 0 Å². The van der Waals surface area contributed by atoms with Crippen molar-refractivity contribution in [3.05, 3.63) is 62.2 Å². The topological polar surface area (TPSA) is 21.3 Å². The van der Waals surface area contributed by atoms with Crippen molar-refractivity contribution in [1.82, 2.24) is 5.32 Å². The summed E-state index contributed by atoms with van der Waals surface area (Å²) in [5, 5.41) is 4.34. The van der Waals surface area contributed by atoms with E-state index in [4.69, 9.17) is 16.3 Å². The van der Waals surface area contributed by atoms with Crippen LogP contribution in [0.15, 0.2) is 42.5 Å². The van der Waals surface area contributed by atoms with E-state index in [2.05, 4.69) is 65.2 Å². The van der Waals surface area contributed by atoms with Gasteiger partial charge in [0.25, 0.3) is 0 Å². The van der Waals surface area contributed by atoms with Gasteiger partial charge in [-0.2, -0.15) is 0 Å². The van der Waals surface area contributed by atoms with Gasteiger partial charge in [-0.15, -0.1) is 0 Å². The van der Waals surface area contributed by atoms with Crippen LogP contribution in [0, 0.1) is 3.57 Å². The second-order valence-corrected chi connectivity index (χ2v) is 6.41. The van der Waals surface area contributed by atoms with Gasteiger partial charge in [0.05, 0.1) is 12.1 Å². The minimum Gasteiger partial charge on any atom is -0.497 e. The molecular weight excluding hydrogens is 397 g/mol. The highest BCUT2D eigenvalue weighted by Gasteiger charge is 2.13. The first-order chi connectivity index (χ1) is 10.1. The lowest BCUT2D eigenvalue weighted by atomic mass is 9.98. The molecule has 0 spiro atoms. The van der Waals surface area contributed by atoms with Gasteiger partial charge in [-0.3, -0.25) is 0 Å². The maximum Gasteiger partial charge on any atom is 0.119 e. The molecule has 0 aromatic heterocycles. The molecule has 1 atom stereocenters. The van der Waals surface area contributed by atoms with E-state index in [9.17, 15) is 0 Å². The first-order valence-electron chi connectivity index (χ1n) is 6.95. The highest BCUT2D eigenvalue weighted by Crippen LogP contribution is 2.26. The smallest absolute Gasteiger partial charge is 0.119 e. The Morgan fingerprint density at radius 1 is 1.24 bits per heavy atom. The molecule has 0 radical (unpaired) electrons. The average molecular weight is 416 g/mol. The highest BCUT2D eigenvalue weighted by atomic mass is 127. The fourth-order valence-corrected chi connectivity index (χ4v) is 2.84. The SMILES string of the molecule is CCNC(Cc1cccc(OC)c1)c1ccc(I)c(Cl)c1. The number of halogens is 2. The Bertz CT molecular complexity index is 603. The minimum atomic E-state index is 0.247. The van der Waals surface area contributed by atoms with Gasteiger partial charge in [-0.05, 0) is 70.9 Å². The van der Waals surface area contributed by atoms with E-state index in [0.717, 1.165) is 27.3 Å². The zero-order valence-corrected chi connectivity index (χ0v) is 15.1. The van der Waals surface area contributed by atoms with E-state index in [1.807, 2.05) is 12.1 Å². The van der Waals surface area contributed by atoms with Crippen LogP contribution in [0.5, 0.6) is 5.75 Å². The molecule has 0 bridgehead atoms. The van der Waals surface area contributed by atoms with E-state index in [0.29, 0.717) is 0 Å². The molecule has 0 amide bonds. The number of hydrogen-bond donors (Lipinski definition) is 1. The molecule has 4 heteroatoms. The van der Waals surface area contributed by atoms with E-state index in [1.165, 1.54) is 11.1 Å². The van der Waals surface area contributed by atoms with Crippen LogP contribution in [0.4, 0.5) is 0 Å². The van der Waals surface area contributed by atoms with Gasteiger partial charge in [-0.1, -0.05) is 36.7 Å². The summed E-state index contributed by atoms with van der Waals surface area (Å²) in [6, 6.07) is 14.7. The van der Waals surface area contributed by atoms with E-state index in [-0.39, 0.29) is 6.04 Å². The van der Waals surface area contributed by atoms with Crippen molar-refractivity contribution in [2.24, 2.45) is 0 Å². The maximum absolute atomic E-state index is 6.25. The number of methoxy groups -OCH3 is 1. The van der Waals surface area contributed by atoms with E-state index < -0.39 is 0 Å². The number of likely N-dealkylation sites (N-methyl/N-ethyl adjacent to an activating group) is 1. The Hall–Kier alpha value is -0.780. The van der Waals surface area contributed by atoms with Crippen LogP contribution in [-0.2, 0) is 6.42 Å². The molecule has 0 saturated heterocycles. The minimum absolute atomic E-state index is 0.247. The molecular formula is C17H19ClINO. The van der Waals surface area contributed by atoms with Crippen LogP contribution in [-0.4, -0.2) is 13.7 Å². The van der Waals surface area contributed by atoms with Crippen LogP contribution in [0.1, 0.15) is 24.1 Å². The fourth-order valence-electron chi connectivity index (χ4n) is 2.32. The fraction of sp³-hybridized carbons (Fsp3) is 0.294. The summed E-state index contributed by atoms with van der Waals surface area (Å²) in [5.74, 6) is 0.892. The molecule has 1 N–H and O–H groups in total. The van der Waals surface area contributed by atoms with Gasteiger partial charge in [-0.25, -0.2) is 0 Å². The predicted octanol–water partition coefficient (Wildman–Crippen LogP) is 4.85. The van der Waals surface area contributed by atoms with Gasteiger partial charge in [0.1, 0.15) is 5.75 Å². The molecule has 2 aromatic carbocycles. The lowest BCUT2D eigenvalue weighted by Gasteiger charge is -2.19. The summed E-state index contributed by atoms with van der Waals surface area (Å²) in [6.45, 7) is 3.03. The van der Waals surface area contributed by atoms with Crippen LogP contribution < -0.4 is 10.1 Å². The largest absolute Gasteiger partial charge is 0.497 e. The molecule has 21 heavy (non-hydrogen) atoms. The number of ether oxygens (including phenoxy) is 1. The number of hydrogen-bond acceptors (Lipinski definition) is 2. The summed E-state index contributed by atoms with van der Waals surface area (Å²) in [4.78, 5) is 0. The second kappa shape index (κ2) is 8.01. The molecule has 2 aromatic rings. The van der Waals surface area contributed by atoms with Gasteiger partial charge in [0, 0.05) is 9.61 Å². The number of benzene rings is 2. The molecule has 0 aliphatic rings. The lowest BCUT2D eigenvalue weighted by Crippen LogP contribution is -2.23. The number of nitrogens with one attached hydrogen (secondary N) is 1. The Morgan fingerprint density at radius 2 is 2.05 bits per heavy atom. The third kappa shape index (κ3) is 4.59. The normalized spacial score (nSPS) is 12.2. The van der Waals surface area contributed by atoms with Crippen LogP contribution in [0.25, 0.3) is 0 Å². The Morgan fingerprint density at radius 3 is 2.71 bits per heavy atom. The average Bonchev–Trinajstić information content (AvgIpc) is 2.50. The first-order valence-corrected chi connectivity index (χ1v) is 8.41. The molecule has 2 rings (SSSR count). The lowest BCUT2D eigenvalue weighted by molar-refractivity contribution is 0.414. The quantitative estimate of drug-likeness (QED) is 0.681. The summed E-state index contributed by atoms with van der Waals surface area (Å²) in [5.41, 5.74) is 2.46. The Balaban J connectivity index is 2.23. The molecule has 1 unspecified atom stereocenters. The molecule has 0 fully saturated rings. The summed E-state index contributed by atoms with van der Waals surface area (Å²) < 4.78 is 6.37. The zero-order chi connectivity index (χ0) is 15.2. The Labute approximate surface area is 145 Å². The number of rotatable bonds is 6. The highest BCUT2D eigenvalue weighted by molar-refractivity contribution is 14.1. The van der Waals surface area contributed by atoms with Crippen LogP contribution in [0.2, 0.25) is 5.02 Å². The van der Waals surface area contributed by atoms with Crippen molar-refractivity contribution in [2.75, 3.05) is 13.7 Å².